The number of alkyl carbamates (subject to hydrolysis) is 1. The van der Waals surface area contributed by atoms with Crippen LogP contribution in [0.15, 0.2) is 42.5 Å². The lowest BCUT2D eigenvalue weighted by atomic mass is 9.96. The second-order valence-electron chi connectivity index (χ2n) is 12.5. The van der Waals surface area contributed by atoms with Gasteiger partial charge in [-0.2, -0.15) is 0 Å². The smallest absolute Gasteiger partial charge is 0.408 e. The van der Waals surface area contributed by atoms with Crippen LogP contribution in [0.1, 0.15) is 103 Å². The maximum atomic E-state index is 14.4. The molecule has 8 heteroatoms. The molecule has 2 aromatic carbocycles. The molecule has 0 aliphatic heterocycles. The zero-order valence-electron chi connectivity index (χ0n) is 26.8. The fraction of sp³-hybridized carbons (Fsp3) is 0.559. The zero-order chi connectivity index (χ0) is 31.4. The minimum atomic E-state index is -1.13. The molecule has 2 atom stereocenters. The third-order valence-electron chi connectivity index (χ3n) is 7.01. The number of hydrogen-bond donors (Lipinski definition) is 3. The number of aromatic hydroxyl groups is 1. The third kappa shape index (κ3) is 10.7. The van der Waals surface area contributed by atoms with E-state index < -0.39 is 35.6 Å². The molecule has 0 spiro atoms. The van der Waals surface area contributed by atoms with Crippen LogP contribution in [-0.2, 0) is 14.3 Å². The summed E-state index contributed by atoms with van der Waals surface area (Å²) in [5, 5.41) is 16.9. The van der Waals surface area contributed by atoms with Gasteiger partial charge >= 0.3 is 6.09 Å². The molecule has 3 N–H and O–H groups in total. The fourth-order valence-electron chi connectivity index (χ4n) is 4.86. The number of hydrogen-bond acceptors (Lipinski definition) is 5. The van der Waals surface area contributed by atoms with Crippen molar-refractivity contribution < 1.29 is 24.2 Å². The number of phenolic OH excluding ortho intramolecular Hbond substituents is 1. The van der Waals surface area contributed by atoms with Crippen molar-refractivity contribution in [1.82, 2.24) is 10.2 Å². The summed E-state index contributed by atoms with van der Waals surface area (Å²) in [5.41, 5.74) is 1.70. The van der Waals surface area contributed by atoms with Crippen LogP contribution in [-0.4, -0.2) is 46.1 Å². The van der Waals surface area contributed by atoms with Crippen LogP contribution < -0.4 is 10.6 Å². The average molecular weight is 582 g/mol. The first-order chi connectivity index (χ1) is 19.7. The zero-order valence-corrected chi connectivity index (χ0v) is 26.8. The van der Waals surface area contributed by atoms with E-state index in [-0.39, 0.29) is 18.2 Å². The van der Waals surface area contributed by atoms with Gasteiger partial charge in [-0.1, -0.05) is 82.9 Å². The van der Waals surface area contributed by atoms with E-state index in [0.717, 1.165) is 31.2 Å². The normalized spacial score (nSPS) is 12.9. The van der Waals surface area contributed by atoms with E-state index in [0.29, 0.717) is 29.7 Å². The predicted molar refractivity (Wildman–Crippen MR) is 168 cm³/mol. The average Bonchev–Trinajstić information content (AvgIpc) is 2.89. The summed E-state index contributed by atoms with van der Waals surface area (Å²) in [6.45, 7) is 15.3. The Labute approximate surface area is 252 Å². The number of unbranched alkanes of at least 4 members (excludes halogenated alkanes) is 4. The molecule has 0 saturated carbocycles. The summed E-state index contributed by atoms with van der Waals surface area (Å²) in [6, 6.07) is 10.6. The Morgan fingerprint density at radius 1 is 0.929 bits per heavy atom. The Kier molecular flexibility index (Phi) is 13.4. The molecular weight excluding hydrogens is 530 g/mol. The van der Waals surface area contributed by atoms with Gasteiger partial charge in [0.15, 0.2) is 0 Å². The number of nitrogens with zero attached hydrogens (tertiary/aromatic N) is 1. The van der Waals surface area contributed by atoms with Crippen LogP contribution in [0, 0.1) is 19.8 Å². The van der Waals surface area contributed by atoms with Crippen LogP contribution >= 0.6 is 0 Å². The molecule has 0 bridgehead atoms. The van der Waals surface area contributed by atoms with E-state index >= 15 is 0 Å². The molecule has 42 heavy (non-hydrogen) atoms. The number of ether oxygens (including phenoxy) is 1. The molecule has 0 aromatic heterocycles. The van der Waals surface area contributed by atoms with Gasteiger partial charge in [0.25, 0.3) is 5.91 Å². The van der Waals surface area contributed by atoms with Crippen LogP contribution in [0.5, 0.6) is 5.75 Å². The predicted octanol–water partition coefficient (Wildman–Crippen LogP) is 7.43. The van der Waals surface area contributed by atoms with Crippen molar-refractivity contribution in [2.24, 2.45) is 5.92 Å². The van der Waals surface area contributed by atoms with Gasteiger partial charge in [0.05, 0.1) is 0 Å². The minimum absolute atomic E-state index is 0.0354. The number of aryl methyl sites for hydroxylation is 2. The van der Waals surface area contributed by atoms with Gasteiger partial charge in [-0.25, -0.2) is 4.79 Å². The fourth-order valence-corrected chi connectivity index (χ4v) is 4.86. The molecule has 0 aliphatic rings. The van der Waals surface area contributed by atoms with Gasteiger partial charge in [-0.15, -0.1) is 0 Å². The van der Waals surface area contributed by atoms with Gasteiger partial charge in [0, 0.05) is 17.8 Å². The Morgan fingerprint density at radius 2 is 1.57 bits per heavy atom. The van der Waals surface area contributed by atoms with Crippen LogP contribution in [0.25, 0.3) is 0 Å². The molecule has 0 fully saturated rings. The molecule has 0 saturated heterocycles. The van der Waals surface area contributed by atoms with Gasteiger partial charge in [0.1, 0.15) is 23.4 Å². The highest BCUT2D eigenvalue weighted by Gasteiger charge is 2.38. The molecule has 3 amide bonds. The highest BCUT2D eigenvalue weighted by molar-refractivity contribution is 5.99. The summed E-state index contributed by atoms with van der Waals surface area (Å²) in [4.78, 5) is 42.9. The number of benzene rings is 2. The van der Waals surface area contributed by atoms with Gasteiger partial charge < -0.3 is 25.4 Å². The first-order valence-electron chi connectivity index (χ1n) is 15.2. The summed E-state index contributed by atoms with van der Waals surface area (Å²) >= 11 is 0. The minimum Gasteiger partial charge on any atom is -0.507 e. The van der Waals surface area contributed by atoms with E-state index in [4.69, 9.17) is 4.74 Å². The number of carbonyl (C=O) groups excluding carboxylic acids is 3. The lowest BCUT2D eigenvalue weighted by Crippen LogP contribution is -2.53. The van der Waals surface area contributed by atoms with Crippen LogP contribution in [0.4, 0.5) is 10.5 Å². The number of nitrogens with one attached hydrogen (secondary N) is 2. The quantitative estimate of drug-likeness (QED) is 0.201. The number of carbonyl (C=O) groups is 3. The van der Waals surface area contributed by atoms with Gasteiger partial charge in [-0.3, -0.25) is 9.59 Å². The third-order valence-corrected chi connectivity index (χ3v) is 7.01. The van der Waals surface area contributed by atoms with Crippen molar-refractivity contribution in [3.05, 3.63) is 59.2 Å². The molecule has 2 aromatic rings. The van der Waals surface area contributed by atoms with Crippen molar-refractivity contribution in [3.8, 4) is 5.75 Å². The molecule has 2 rings (SSSR count). The molecule has 2 unspecified atom stereocenters. The first kappa shape index (κ1) is 34.7. The molecule has 0 heterocycles. The second kappa shape index (κ2) is 16.2. The molecule has 0 aliphatic carbocycles. The SMILES string of the molecule is CCCCCCCN(C(=O)C(CC(C)C)NC(=O)OC(C)(C)C)C(C(=O)Nc1ccccc1C)c1cccc(C)c1O. The largest absolute Gasteiger partial charge is 0.507 e. The number of rotatable bonds is 14. The Hall–Kier alpha value is -3.55. The van der Waals surface area contributed by atoms with E-state index in [9.17, 15) is 19.5 Å². The maximum absolute atomic E-state index is 14.4. The van der Waals surface area contributed by atoms with Crippen molar-refractivity contribution in [2.45, 2.75) is 112 Å². The van der Waals surface area contributed by atoms with Crippen molar-refractivity contribution in [1.29, 1.82) is 0 Å². The van der Waals surface area contributed by atoms with Crippen molar-refractivity contribution >= 4 is 23.6 Å². The van der Waals surface area contributed by atoms with Gasteiger partial charge in [-0.05, 0) is 70.6 Å². The van der Waals surface area contributed by atoms with E-state index in [2.05, 4.69) is 17.6 Å². The molecular formula is C34H51N3O5. The summed E-state index contributed by atoms with van der Waals surface area (Å²) < 4.78 is 5.48. The maximum Gasteiger partial charge on any atom is 0.408 e. The van der Waals surface area contributed by atoms with Crippen LogP contribution in [0.3, 0.4) is 0 Å². The standard InChI is InChI=1S/C34H51N3O5/c1-9-10-11-12-15-21-37(32(40)28(22-23(2)3)36-33(41)42-34(6,7)8)29(26-19-16-18-25(5)30(26)38)31(39)35-27-20-14-13-17-24(27)4/h13-14,16-20,23,28-29,38H,9-12,15,21-22H2,1-8H3,(H,35,39)(H,36,41). The summed E-state index contributed by atoms with van der Waals surface area (Å²) in [5.74, 6) is -0.790. The van der Waals surface area contributed by atoms with Crippen LogP contribution in [0.2, 0.25) is 0 Å². The topological polar surface area (TPSA) is 108 Å². The molecule has 232 valence electrons. The first-order valence-corrected chi connectivity index (χ1v) is 15.2. The molecule has 0 radical (unpaired) electrons. The highest BCUT2D eigenvalue weighted by atomic mass is 16.6. The Balaban J connectivity index is 2.60. The van der Waals surface area contributed by atoms with Gasteiger partial charge in [0.2, 0.25) is 5.91 Å². The number of anilines is 1. The monoisotopic (exact) mass is 581 g/mol. The number of para-hydroxylation sites is 2. The lowest BCUT2D eigenvalue weighted by Gasteiger charge is -2.35. The number of amides is 3. The number of phenols is 1. The Morgan fingerprint density at radius 3 is 2.19 bits per heavy atom. The highest BCUT2D eigenvalue weighted by Crippen LogP contribution is 2.34. The summed E-state index contributed by atoms with van der Waals surface area (Å²) in [6.07, 6.45) is 4.41. The second-order valence-corrected chi connectivity index (χ2v) is 12.5. The summed E-state index contributed by atoms with van der Waals surface area (Å²) in [7, 11) is 0. The molecule has 8 nitrogen and oxygen atoms in total. The van der Waals surface area contributed by atoms with E-state index in [1.807, 2.05) is 45.0 Å². The lowest BCUT2D eigenvalue weighted by molar-refractivity contribution is -0.141. The van der Waals surface area contributed by atoms with E-state index in [1.165, 1.54) is 4.90 Å². The van der Waals surface area contributed by atoms with Crippen molar-refractivity contribution in [3.63, 3.8) is 0 Å². The van der Waals surface area contributed by atoms with Crippen molar-refractivity contribution in [2.75, 3.05) is 11.9 Å². The van der Waals surface area contributed by atoms with E-state index in [1.54, 1.807) is 45.9 Å². The Bertz CT molecular complexity index is 1190.